The highest BCUT2D eigenvalue weighted by Gasteiger charge is 2.21. The lowest BCUT2D eigenvalue weighted by Crippen LogP contribution is -1.91. The molecule has 0 aliphatic heterocycles. The smallest absolute Gasteiger partial charge is 0.136 e. The van der Waals surface area contributed by atoms with Crippen molar-refractivity contribution in [1.29, 1.82) is 0 Å². The molecule has 9 aromatic rings. The lowest BCUT2D eigenvalue weighted by Gasteiger charge is -2.18. The Morgan fingerprint density at radius 3 is 1.49 bits per heavy atom. The summed E-state index contributed by atoms with van der Waals surface area (Å²) in [6.45, 7) is 0. The molecule has 0 spiro atoms. The zero-order valence-corrected chi connectivity index (χ0v) is 23.7. The molecule has 0 bridgehead atoms. The molecule has 0 saturated heterocycles. The highest BCUT2D eigenvalue weighted by Crippen LogP contribution is 2.48. The number of furan rings is 1. The SMILES string of the molecule is [2H]c1c([2H])c([2H])c(-c2ccc(-c3c4ccccc4c(-c4c([2H])c([2H])c([2H])c5oc6c([2H])c([2H])c([2H])c(-c7ccccc7)c6c45)c4ccccc34)cc2)c([2H])c1[2H]. The van der Waals surface area contributed by atoms with Crippen LogP contribution in [0.1, 0.15) is 15.1 Å². The summed E-state index contributed by atoms with van der Waals surface area (Å²) < 4.78 is 102. The normalized spacial score (nSPS) is 15.0. The van der Waals surface area contributed by atoms with E-state index in [0.717, 1.165) is 32.7 Å². The summed E-state index contributed by atoms with van der Waals surface area (Å²) in [5.74, 6) is 0. The van der Waals surface area contributed by atoms with Crippen LogP contribution >= 0.6 is 0 Å². The molecular weight excluding hydrogens is 544 g/mol. The van der Waals surface area contributed by atoms with Crippen molar-refractivity contribution < 1.29 is 19.5 Å². The van der Waals surface area contributed by atoms with Gasteiger partial charge in [0.05, 0.1) is 15.1 Å². The first-order valence-corrected chi connectivity index (χ1v) is 14.5. The number of rotatable bonds is 4. The molecule has 0 amide bonds. The van der Waals surface area contributed by atoms with Gasteiger partial charge in [-0.15, -0.1) is 0 Å². The van der Waals surface area contributed by atoms with E-state index in [-0.39, 0.29) is 65.1 Å². The molecule has 9 rings (SSSR count). The average Bonchev–Trinajstić information content (AvgIpc) is 3.61. The molecule has 0 radical (unpaired) electrons. The van der Waals surface area contributed by atoms with E-state index >= 15 is 0 Å². The van der Waals surface area contributed by atoms with Crippen LogP contribution in [-0.4, -0.2) is 0 Å². The molecule has 1 heterocycles. The van der Waals surface area contributed by atoms with Crippen molar-refractivity contribution in [2.45, 2.75) is 0 Å². The lowest BCUT2D eigenvalue weighted by molar-refractivity contribution is 0.669. The van der Waals surface area contributed by atoms with Crippen molar-refractivity contribution in [3.8, 4) is 44.5 Å². The van der Waals surface area contributed by atoms with Gasteiger partial charge in [0.25, 0.3) is 0 Å². The van der Waals surface area contributed by atoms with Gasteiger partial charge in [-0.2, -0.15) is 0 Å². The van der Waals surface area contributed by atoms with Gasteiger partial charge in [0.15, 0.2) is 0 Å². The van der Waals surface area contributed by atoms with Crippen molar-refractivity contribution in [2.24, 2.45) is 0 Å². The largest absolute Gasteiger partial charge is 0.456 e. The number of benzene rings is 8. The van der Waals surface area contributed by atoms with E-state index < -0.39 is 18.1 Å². The fourth-order valence-corrected chi connectivity index (χ4v) is 6.43. The van der Waals surface area contributed by atoms with Crippen LogP contribution in [0.5, 0.6) is 0 Å². The monoisotopic (exact) mass is 583 g/mol. The maximum atomic E-state index is 9.50. The molecule has 0 N–H and O–H groups in total. The Labute approximate surface area is 277 Å². The summed E-state index contributed by atoms with van der Waals surface area (Å²) in [7, 11) is 0. The fourth-order valence-electron chi connectivity index (χ4n) is 6.43. The molecule has 45 heavy (non-hydrogen) atoms. The van der Waals surface area contributed by atoms with Crippen LogP contribution in [0, 0.1) is 0 Å². The number of fused-ring (bicyclic) bond motifs is 5. The predicted molar refractivity (Wildman–Crippen MR) is 190 cm³/mol. The summed E-state index contributed by atoms with van der Waals surface area (Å²) in [5, 5.41) is 3.71. The summed E-state index contributed by atoms with van der Waals surface area (Å²) in [4.78, 5) is 0. The Hall–Kier alpha value is -5.92. The molecule has 0 atom stereocenters. The van der Waals surface area contributed by atoms with Gasteiger partial charge in [-0.1, -0.05) is 158 Å². The second-order valence-electron chi connectivity index (χ2n) is 10.8. The highest BCUT2D eigenvalue weighted by molar-refractivity contribution is 6.26. The Morgan fingerprint density at radius 1 is 0.356 bits per heavy atom. The molecule has 1 aromatic heterocycles. The van der Waals surface area contributed by atoms with E-state index in [1.54, 1.807) is 24.3 Å². The zero-order chi connectivity index (χ0) is 39.3. The lowest BCUT2D eigenvalue weighted by atomic mass is 9.84. The van der Waals surface area contributed by atoms with Gasteiger partial charge in [-0.05, 0) is 78.1 Å². The molecule has 1 heteroatoms. The number of hydrogen-bond acceptors (Lipinski definition) is 1. The quantitative estimate of drug-likeness (QED) is 0.188. The maximum Gasteiger partial charge on any atom is 0.136 e. The van der Waals surface area contributed by atoms with E-state index in [9.17, 15) is 1.37 Å². The van der Waals surface area contributed by atoms with Crippen molar-refractivity contribution in [3.05, 3.63) is 170 Å². The molecule has 0 unspecified atom stereocenters. The van der Waals surface area contributed by atoms with Crippen LogP contribution in [0.15, 0.2) is 174 Å². The summed E-state index contributed by atoms with van der Waals surface area (Å²) in [5.41, 5.74) is 4.07. The minimum Gasteiger partial charge on any atom is -0.456 e. The van der Waals surface area contributed by atoms with Crippen LogP contribution in [0.25, 0.3) is 88.0 Å². The van der Waals surface area contributed by atoms with Crippen molar-refractivity contribution in [1.82, 2.24) is 0 Å². The van der Waals surface area contributed by atoms with Crippen molar-refractivity contribution >= 4 is 43.5 Å². The van der Waals surface area contributed by atoms with Crippen LogP contribution in [-0.2, 0) is 0 Å². The van der Waals surface area contributed by atoms with Gasteiger partial charge >= 0.3 is 0 Å². The Bertz CT molecular complexity index is 3050. The molecule has 0 fully saturated rings. The second kappa shape index (κ2) is 10.4. The van der Waals surface area contributed by atoms with Crippen molar-refractivity contribution in [3.63, 3.8) is 0 Å². The Morgan fingerprint density at radius 2 is 0.867 bits per heavy atom. The van der Waals surface area contributed by atoms with Gasteiger partial charge in [0, 0.05) is 10.8 Å². The van der Waals surface area contributed by atoms with Gasteiger partial charge in [0.2, 0.25) is 0 Å². The van der Waals surface area contributed by atoms with Gasteiger partial charge in [0.1, 0.15) is 11.2 Å². The third-order valence-electron chi connectivity index (χ3n) is 8.34. The third-order valence-corrected chi connectivity index (χ3v) is 8.34. The van der Waals surface area contributed by atoms with Crippen molar-refractivity contribution in [2.75, 3.05) is 0 Å². The van der Waals surface area contributed by atoms with Crippen LogP contribution in [0.4, 0.5) is 0 Å². The second-order valence-corrected chi connectivity index (χ2v) is 10.8. The Kier molecular flexibility index (Phi) is 3.87. The van der Waals surface area contributed by atoms with Gasteiger partial charge in [-0.3, -0.25) is 0 Å². The maximum absolute atomic E-state index is 9.50. The first kappa shape index (κ1) is 16.8. The standard InChI is InChI=1S/C44H28O/c1-3-13-29(14-4-1)30-25-27-32(28-26-30)41-34-17-7-9-19-36(34)42(37-20-10-8-18-35(37)41)38-22-12-24-40-44(38)43-33(21-11-23-39(43)45-40)31-15-5-2-6-16-31/h1-28H/i1D,3D,4D,11D,12D,13D,14D,21D,22D,23D,24D. The van der Waals surface area contributed by atoms with E-state index in [2.05, 4.69) is 0 Å². The summed E-state index contributed by atoms with van der Waals surface area (Å²) in [6.07, 6.45) is 0. The summed E-state index contributed by atoms with van der Waals surface area (Å²) in [6, 6.07) is 28.0. The van der Waals surface area contributed by atoms with E-state index in [4.69, 9.17) is 18.1 Å². The minimum atomic E-state index is -0.456. The van der Waals surface area contributed by atoms with E-state index in [1.165, 1.54) is 0 Å². The van der Waals surface area contributed by atoms with E-state index in [0.29, 0.717) is 38.6 Å². The van der Waals surface area contributed by atoms with Crippen LogP contribution in [0.3, 0.4) is 0 Å². The van der Waals surface area contributed by atoms with Crippen LogP contribution in [0.2, 0.25) is 0 Å². The van der Waals surface area contributed by atoms with Gasteiger partial charge in [-0.25, -0.2) is 0 Å². The Balaban J connectivity index is 1.40. The minimum absolute atomic E-state index is 0.00374. The molecule has 0 aliphatic carbocycles. The topological polar surface area (TPSA) is 13.1 Å². The number of hydrogen-bond donors (Lipinski definition) is 0. The average molecular weight is 584 g/mol. The first-order chi connectivity index (χ1) is 26.9. The summed E-state index contributed by atoms with van der Waals surface area (Å²) >= 11 is 0. The zero-order valence-electron chi connectivity index (χ0n) is 34.7. The third kappa shape index (κ3) is 4.09. The molecule has 0 saturated carbocycles. The molecular formula is C44H28O. The molecule has 210 valence electrons. The molecule has 1 nitrogen and oxygen atoms in total. The van der Waals surface area contributed by atoms with E-state index in [1.807, 2.05) is 78.9 Å². The predicted octanol–water partition coefficient (Wildman–Crippen LogP) is 12.6. The first-order valence-electron chi connectivity index (χ1n) is 20.0. The molecule has 8 aromatic carbocycles. The molecule has 0 aliphatic rings. The highest BCUT2D eigenvalue weighted by atomic mass is 16.3. The fraction of sp³-hybridized carbons (Fsp3) is 0. The van der Waals surface area contributed by atoms with Crippen LogP contribution < -0.4 is 0 Å². The van der Waals surface area contributed by atoms with Gasteiger partial charge < -0.3 is 4.42 Å².